The lowest BCUT2D eigenvalue weighted by Crippen LogP contribution is -2.53. The maximum absolute atomic E-state index is 12.4. The maximum atomic E-state index is 12.4. The van der Waals surface area contributed by atoms with E-state index in [9.17, 15) is 14.7 Å². The number of terminal acetylenes is 1. The molecular weight excluding hydrogens is 268 g/mol. The lowest BCUT2D eigenvalue weighted by Gasteiger charge is -2.36. The Labute approximate surface area is 124 Å². The molecule has 0 saturated carbocycles. The van der Waals surface area contributed by atoms with Gasteiger partial charge in [0.2, 0.25) is 0 Å². The first-order chi connectivity index (χ1) is 9.85. The first-order valence-electron chi connectivity index (χ1n) is 6.73. The van der Waals surface area contributed by atoms with Gasteiger partial charge in [0.1, 0.15) is 0 Å². The largest absolute Gasteiger partial charge is 0.479 e. The molecule has 5 nitrogen and oxygen atoms in total. The zero-order valence-electron chi connectivity index (χ0n) is 12.1. The number of carbonyl (C=O) groups is 2. The molecule has 0 saturated heterocycles. The number of urea groups is 1. The summed E-state index contributed by atoms with van der Waals surface area (Å²) in [4.78, 5) is 25.3. The van der Waals surface area contributed by atoms with Gasteiger partial charge in [-0.2, -0.15) is 0 Å². The minimum atomic E-state index is -1.05. The van der Waals surface area contributed by atoms with Crippen LogP contribution in [0.25, 0.3) is 0 Å². The third-order valence-electron chi connectivity index (χ3n) is 3.56. The van der Waals surface area contributed by atoms with Crippen LogP contribution in [0.2, 0.25) is 0 Å². The standard InChI is InChI=1S/C16H18N2O3/c1-4-16(2,3)17-15(21)18-10-9-11-7-5-6-8-12(11)13(18)14(19)20/h1,5-8,13H,9-10H2,2-3H3,(H,17,21)(H,19,20). The van der Waals surface area contributed by atoms with Crippen LogP contribution in [0.15, 0.2) is 24.3 Å². The summed E-state index contributed by atoms with van der Waals surface area (Å²) in [6, 6.07) is 5.85. The number of fused-ring (bicyclic) bond motifs is 1. The van der Waals surface area contributed by atoms with Gasteiger partial charge in [-0.25, -0.2) is 9.59 Å². The first kappa shape index (κ1) is 14.9. The van der Waals surface area contributed by atoms with Crippen LogP contribution in [-0.2, 0) is 11.2 Å². The van der Waals surface area contributed by atoms with Crippen LogP contribution in [0.5, 0.6) is 0 Å². The van der Waals surface area contributed by atoms with E-state index in [0.29, 0.717) is 18.5 Å². The predicted octanol–water partition coefficient (Wildman–Crippen LogP) is 1.79. The zero-order valence-corrected chi connectivity index (χ0v) is 12.1. The van der Waals surface area contributed by atoms with Gasteiger partial charge in [-0.15, -0.1) is 6.42 Å². The summed E-state index contributed by atoms with van der Waals surface area (Å²) >= 11 is 0. The van der Waals surface area contributed by atoms with E-state index in [4.69, 9.17) is 6.42 Å². The molecule has 0 spiro atoms. The van der Waals surface area contributed by atoms with Crippen molar-refractivity contribution in [3.8, 4) is 12.3 Å². The Kier molecular flexibility index (Phi) is 3.90. The molecule has 1 unspecified atom stereocenters. The smallest absolute Gasteiger partial charge is 0.331 e. The van der Waals surface area contributed by atoms with E-state index in [1.54, 1.807) is 26.0 Å². The van der Waals surface area contributed by atoms with Crippen molar-refractivity contribution in [2.24, 2.45) is 0 Å². The number of nitrogens with one attached hydrogen (secondary N) is 1. The number of nitrogens with zero attached hydrogens (tertiary/aromatic N) is 1. The van der Waals surface area contributed by atoms with Crippen molar-refractivity contribution >= 4 is 12.0 Å². The first-order valence-corrected chi connectivity index (χ1v) is 6.73. The normalized spacial score (nSPS) is 17.6. The van der Waals surface area contributed by atoms with Gasteiger partial charge >= 0.3 is 12.0 Å². The number of carboxylic acid groups (broad SMARTS) is 1. The Morgan fingerprint density at radius 1 is 1.43 bits per heavy atom. The molecule has 1 aliphatic heterocycles. The fraction of sp³-hybridized carbons (Fsp3) is 0.375. The molecular formula is C16H18N2O3. The number of rotatable bonds is 2. The third-order valence-corrected chi connectivity index (χ3v) is 3.56. The minimum Gasteiger partial charge on any atom is -0.479 e. The van der Waals surface area contributed by atoms with Crippen LogP contribution in [0.3, 0.4) is 0 Å². The molecule has 5 heteroatoms. The van der Waals surface area contributed by atoms with Gasteiger partial charge < -0.3 is 15.3 Å². The van der Waals surface area contributed by atoms with Gasteiger partial charge in [-0.05, 0) is 31.4 Å². The van der Waals surface area contributed by atoms with Crippen LogP contribution >= 0.6 is 0 Å². The second-order valence-electron chi connectivity index (χ2n) is 5.58. The predicted molar refractivity (Wildman–Crippen MR) is 78.7 cm³/mol. The molecule has 1 atom stereocenters. The topological polar surface area (TPSA) is 69.6 Å². The fourth-order valence-corrected chi connectivity index (χ4v) is 2.43. The highest BCUT2D eigenvalue weighted by atomic mass is 16.4. The average molecular weight is 286 g/mol. The summed E-state index contributed by atoms with van der Waals surface area (Å²) in [6.07, 6.45) is 5.98. The van der Waals surface area contributed by atoms with E-state index in [0.717, 1.165) is 5.56 Å². The Balaban J connectivity index is 2.31. The van der Waals surface area contributed by atoms with E-state index >= 15 is 0 Å². The molecule has 0 fully saturated rings. The van der Waals surface area contributed by atoms with Crippen molar-refractivity contribution in [1.29, 1.82) is 0 Å². The lowest BCUT2D eigenvalue weighted by atomic mass is 9.93. The van der Waals surface area contributed by atoms with Gasteiger partial charge in [0, 0.05) is 6.54 Å². The van der Waals surface area contributed by atoms with E-state index < -0.39 is 23.6 Å². The van der Waals surface area contributed by atoms with Gasteiger partial charge in [0.15, 0.2) is 6.04 Å². The van der Waals surface area contributed by atoms with Crippen molar-refractivity contribution in [3.63, 3.8) is 0 Å². The molecule has 110 valence electrons. The number of carbonyl (C=O) groups excluding carboxylic acids is 1. The Morgan fingerprint density at radius 3 is 2.71 bits per heavy atom. The molecule has 2 N–H and O–H groups in total. The highest BCUT2D eigenvalue weighted by Crippen LogP contribution is 2.30. The quantitative estimate of drug-likeness (QED) is 0.814. The highest BCUT2D eigenvalue weighted by Gasteiger charge is 2.36. The molecule has 1 aromatic rings. The van der Waals surface area contributed by atoms with Crippen molar-refractivity contribution in [3.05, 3.63) is 35.4 Å². The van der Waals surface area contributed by atoms with Gasteiger partial charge in [0.25, 0.3) is 0 Å². The van der Waals surface area contributed by atoms with Crippen molar-refractivity contribution in [2.75, 3.05) is 6.54 Å². The molecule has 0 bridgehead atoms. The molecule has 21 heavy (non-hydrogen) atoms. The van der Waals surface area contributed by atoms with Gasteiger partial charge in [0.05, 0.1) is 5.54 Å². The third kappa shape index (κ3) is 3.00. The van der Waals surface area contributed by atoms with Crippen molar-refractivity contribution in [1.82, 2.24) is 10.2 Å². The lowest BCUT2D eigenvalue weighted by molar-refractivity contribution is -0.142. The zero-order chi connectivity index (χ0) is 15.6. The van der Waals surface area contributed by atoms with Crippen LogP contribution in [0, 0.1) is 12.3 Å². The van der Waals surface area contributed by atoms with Crippen LogP contribution < -0.4 is 5.32 Å². The minimum absolute atomic E-state index is 0.348. The molecule has 2 rings (SSSR count). The SMILES string of the molecule is C#CC(C)(C)NC(=O)N1CCc2ccccc2C1C(=O)O. The van der Waals surface area contributed by atoms with E-state index in [1.165, 1.54) is 4.90 Å². The molecule has 1 heterocycles. The molecule has 1 aliphatic rings. The van der Waals surface area contributed by atoms with E-state index in [-0.39, 0.29) is 0 Å². The highest BCUT2D eigenvalue weighted by molar-refractivity contribution is 5.85. The maximum Gasteiger partial charge on any atom is 0.331 e. The number of benzene rings is 1. The second-order valence-corrected chi connectivity index (χ2v) is 5.58. The second kappa shape index (κ2) is 5.49. The van der Waals surface area contributed by atoms with Crippen LogP contribution in [0.1, 0.15) is 31.0 Å². The van der Waals surface area contributed by atoms with E-state index in [1.807, 2.05) is 12.1 Å². The Morgan fingerprint density at radius 2 is 2.10 bits per heavy atom. The summed E-state index contributed by atoms with van der Waals surface area (Å²) in [6.45, 7) is 3.73. The van der Waals surface area contributed by atoms with E-state index in [2.05, 4.69) is 11.2 Å². The monoisotopic (exact) mass is 286 g/mol. The fourth-order valence-electron chi connectivity index (χ4n) is 2.43. The molecule has 0 aliphatic carbocycles. The Hall–Kier alpha value is -2.48. The van der Waals surface area contributed by atoms with Crippen LogP contribution in [-0.4, -0.2) is 34.1 Å². The molecule has 0 aromatic heterocycles. The number of hydrogen-bond acceptors (Lipinski definition) is 2. The van der Waals surface area contributed by atoms with Gasteiger partial charge in [-0.3, -0.25) is 0 Å². The molecule has 0 radical (unpaired) electrons. The summed E-state index contributed by atoms with van der Waals surface area (Å²) in [5.41, 5.74) is 0.798. The average Bonchev–Trinajstić information content (AvgIpc) is 2.45. The summed E-state index contributed by atoms with van der Waals surface area (Å²) in [5, 5.41) is 12.2. The van der Waals surface area contributed by atoms with Crippen LogP contribution in [0.4, 0.5) is 4.79 Å². The van der Waals surface area contributed by atoms with Gasteiger partial charge in [-0.1, -0.05) is 30.2 Å². The number of aliphatic carboxylic acids is 1. The Bertz CT molecular complexity index is 616. The molecule has 2 amide bonds. The van der Waals surface area contributed by atoms with Crippen molar-refractivity contribution in [2.45, 2.75) is 31.8 Å². The summed E-state index contributed by atoms with van der Waals surface area (Å²) in [5.74, 6) is 1.42. The van der Waals surface area contributed by atoms with Crippen molar-refractivity contribution < 1.29 is 14.7 Å². The number of amides is 2. The summed E-state index contributed by atoms with van der Waals surface area (Å²) < 4.78 is 0. The number of hydrogen-bond donors (Lipinski definition) is 2. The summed E-state index contributed by atoms with van der Waals surface area (Å²) in [7, 11) is 0. The molecule has 1 aromatic carbocycles. The number of carboxylic acids is 1.